The van der Waals surface area contributed by atoms with Gasteiger partial charge in [0, 0.05) is 43.7 Å². The first-order chi connectivity index (χ1) is 11.4. The van der Waals surface area contributed by atoms with Crippen molar-refractivity contribution in [2.75, 3.05) is 31.6 Å². The smallest absolute Gasteiger partial charge is 0.223 e. The summed E-state index contributed by atoms with van der Waals surface area (Å²) in [6.45, 7) is 6.11. The van der Waals surface area contributed by atoms with E-state index in [1.807, 2.05) is 19.9 Å². The summed E-state index contributed by atoms with van der Waals surface area (Å²) < 4.78 is 32.4. The fourth-order valence-electron chi connectivity index (χ4n) is 3.41. The number of nitrogens with zero attached hydrogens (tertiary/aromatic N) is 3. The van der Waals surface area contributed by atoms with Crippen LogP contribution < -0.4 is 5.32 Å². The van der Waals surface area contributed by atoms with Gasteiger partial charge in [-0.3, -0.25) is 0 Å². The van der Waals surface area contributed by atoms with Crippen LogP contribution in [-0.4, -0.2) is 60.3 Å². The summed E-state index contributed by atoms with van der Waals surface area (Å²) in [5.41, 5.74) is 1.87. The minimum atomic E-state index is -3.20. The number of hydrogen-bond donors (Lipinski definition) is 1. The predicted octanol–water partition coefficient (Wildman–Crippen LogP) is 1.48. The van der Waals surface area contributed by atoms with Crippen LogP contribution in [0.1, 0.15) is 37.1 Å². The average Bonchev–Trinajstić information content (AvgIpc) is 2.55. The lowest BCUT2D eigenvalue weighted by Crippen LogP contribution is -2.47. The number of nitrogens with one attached hydrogen (secondary N) is 1. The summed E-state index contributed by atoms with van der Waals surface area (Å²) in [6, 6.07) is 2.15. The first-order valence-corrected chi connectivity index (χ1v) is 10.1. The van der Waals surface area contributed by atoms with Crippen LogP contribution in [0.25, 0.3) is 0 Å². The zero-order valence-corrected chi connectivity index (χ0v) is 15.2. The van der Waals surface area contributed by atoms with E-state index in [4.69, 9.17) is 4.74 Å². The Morgan fingerprint density at radius 2 is 1.67 bits per heavy atom. The van der Waals surface area contributed by atoms with Gasteiger partial charge in [0.1, 0.15) is 0 Å². The molecule has 24 heavy (non-hydrogen) atoms. The Morgan fingerprint density at radius 3 is 2.25 bits per heavy atom. The molecule has 0 saturated carbocycles. The Labute approximate surface area is 143 Å². The van der Waals surface area contributed by atoms with Gasteiger partial charge in [-0.05, 0) is 45.6 Å². The second kappa shape index (κ2) is 7.33. The van der Waals surface area contributed by atoms with E-state index in [-0.39, 0.29) is 11.3 Å². The third-order valence-corrected chi connectivity index (χ3v) is 7.12. The molecule has 0 radical (unpaired) electrons. The SMILES string of the molecule is Cc1cc(C)nc(NC2CCN(S(=O)(=O)C3CCOCC3)CC2)n1. The quantitative estimate of drug-likeness (QED) is 0.882. The topological polar surface area (TPSA) is 84.4 Å². The number of piperidine rings is 1. The van der Waals surface area contributed by atoms with E-state index < -0.39 is 10.0 Å². The Morgan fingerprint density at radius 1 is 1.08 bits per heavy atom. The predicted molar refractivity (Wildman–Crippen MR) is 92.5 cm³/mol. The highest BCUT2D eigenvalue weighted by atomic mass is 32.2. The third kappa shape index (κ3) is 4.04. The molecule has 0 spiro atoms. The van der Waals surface area contributed by atoms with E-state index in [0.717, 1.165) is 24.2 Å². The van der Waals surface area contributed by atoms with Gasteiger partial charge in [0.2, 0.25) is 16.0 Å². The van der Waals surface area contributed by atoms with Gasteiger partial charge in [0.05, 0.1) is 5.25 Å². The molecule has 0 aromatic carbocycles. The van der Waals surface area contributed by atoms with Crippen molar-refractivity contribution in [1.82, 2.24) is 14.3 Å². The van der Waals surface area contributed by atoms with E-state index in [2.05, 4.69) is 15.3 Å². The maximum atomic E-state index is 12.7. The van der Waals surface area contributed by atoms with Gasteiger partial charge in [-0.1, -0.05) is 0 Å². The summed E-state index contributed by atoms with van der Waals surface area (Å²) in [5.74, 6) is 0.637. The molecule has 0 amide bonds. The van der Waals surface area contributed by atoms with Crippen LogP contribution in [0.4, 0.5) is 5.95 Å². The molecule has 2 fully saturated rings. The molecule has 1 aromatic heterocycles. The summed E-state index contributed by atoms with van der Waals surface area (Å²) in [5, 5.41) is 3.07. The van der Waals surface area contributed by atoms with Crippen molar-refractivity contribution in [2.45, 2.75) is 50.8 Å². The van der Waals surface area contributed by atoms with Gasteiger partial charge < -0.3 is 10.1 Å². The maximum absolute atomic E-state index is 12.7. The fourth-order valence-corrected chi connectivity index (χ4v) is 5.34. The van der Waals surface area contributed by atoms with Gasteiger partial charge in [0.25, 0.3) is 0 Å². The highest BCUT2D eigenvalue weighted by Crippen LogP contribution is 2.24. The Balaban J connectivity index is 1.57. The molecule has 7 nitrogen and oxygen atoms in total. The van der Waals surface area contributed by atoms with Gasteiger partial charge in [0.15, 0.2) is 0 Å². The molecule has 2 saturated heterocycles. The molecule has 134 valence electrons. The lowest BCUT2D eigenvalue weighted by molar-refractivity contribution is 0.0969. The standard InChI is InChI=1S/C16H26N4O3S/c1-12-11-13(2)18-16(17-12)19-14-3-7-20(8-4-14)24(21,22)15-5-9-23-10-6-15/h11,14-15H,3-10H2,1-2H3,(H,17,18,19). The van der Waals surface area contributed by atoms with Crippen LogP contribution >= 0.6 is 0 Å². The van der Waals surface area contributed by atoms with Crippen LogP contribution in [0.3, 0.4) is 0 Å². The number of aryl methyl sites for hydroxylation is 2. The van der Waals surface area contributed by atoms with Gasteiger partial charge in [-0.15, -0.1) is 0 Å². The van der Waals surface area contributed by atoms with Crippen molar-refractivity contribution in [2.24, 2.45) is 0 Å². The van der Waals surface area contributed by atoms with E-state index in [1.54, 1.807) is 4.31 Å². The number of aromatic nitrogens is 2. The molecule has 2 aliphatic heterocycles. The van der Waals surface area contributed by atoms with Crippen molar-refractivity contribution in [3.63, 3.8) is 0 Å². The zero-order chi connectivity index (χ0) is 17.2. The summed E-state index contributed by atoms with van der Waals surface area (Å²) in [6.07, 6.45) is 2.77. The monoisotopic (exact) mass is 354 g/mol. The minimum Gasteiger partial charge on any atom is -0.381 e. The number of hydrogen-bond acceptors (Lipinski definition) is 6. The highest BCUT2D eigenvalue weighted by molar-refractivity contribution is 7.89. The molecule has 0 unspecified atom stereocenters. The first-order valence-electron chi connectivity index (χ1n) is 8.60. The van der Waals surface area contributed by atoms with Crippen LogP contribution in [0.5, 0.6) is 0 Å². The largest absolute Gasteiger partial charge is 0.381 e. The fraction of sp³-hybridized carbons (Fsp3) is 0.750. The van der Waals surface area contributed by atoms with Gasteiger partial charge in [-0.25, -0.2) is 22.7 Å². The summed E-state index contributed by atoms with van der Waals surface area (Å²) >= 11 is 0. The van der Waals surface area contributed by atoms with Crippen LogP contribution in [0, 0.1) is 13.8 Å². The lowest BCUT2D eigenvalue weighted by Gasteiger charge is -2.35. The van der Waals surface area contributed by atoms with Crippen molar-refractivity contribution in [3.8, 4) is 0 Å². The summed E-state index contributed by atoms with van der Waals surface area (Å²) in [4.78, 5) is 8.80. The van der Waals surface area contributed by atoms with Crippen LogP contribution in [-0.2, 0) is 14.8 Å². The minimum absolute atomic E-state index is 0.215. The van der Waals surface area contributed by atoms with Crippen molar-refractivity contribution in [3.05, 3.63) is 17.5 Å². The van der Waals surface area contributed by atoms with E-state index in [0.29, 0.717) is 45.1 Å². The first kappa shape index (κ1) is 17.6. The second-order valence-corrected chi connectivity index (χ2v) is 8.86. The van der Waals surface area contributed by atoms with Crippen molar-refractivity contribution < 1.29 is 13.2 Å². The molecular formula is C16H26N4O3S. The lowest BCUT2D eigenvalue weighted by atomic mass is 10.1. The van der Waals surface area contributed by atoms with Gasteiger partial charge in [-0.2, -0.15) is 0 Å². The molecule has 1 N–H and O–H groups in total. The molecule has 0 atom stereocenters. The Bertz CT molecular complexity index is 646. The highest BCUT2D eigenvalue weighted by Gasteiger charge is 2.35. The van der Waals surface area contributed by atoms with E-state index in [1.165, 1.54) is 0 Å². The molecule has 1 aromatic rings. The molecular weight excluding hydrogens is 328 g/mol. The van der Waals surface area contributed by atoms with Crippen LogP contribution in [0.15, 0.2) is 6.07 Å². The number of sulfonamides is 1. The van der Waals surface area contributed by atoms with Crippen molar-refractivity contribution in [1.29, 1.82) is 0 Å². The molecule has 0 bridgehead atoms. The Kier molecular flexibility index (Phi) is 5.36. The second-order valence-electron chi connectivity index (χ2n) is 6.65. The summed E-state index contributed by atoms with van der Waals surface area (Å²) in [7, 11) is -3.20. The maximum Gasteiger partial charge on any atom is 0.223 e. The molecule has 3 heterocycles. The molecule has 2 aliphatic rings. The van der Waals surface area contributed by atoms with Gasteiger partial charge >= 0.3 is 0 Å². The van der Waals surface area contributed by atoms with Crippen LogP contribution in [0.2, 0.25) is 0 Å². The Hall–Kier alpha value is -1.25. The molecule has 8 heteroatoms. The van der Waals surface area contributed by atoms with E-state index >= 15 is 0 Å². The number of ether oxygens (including phenoxy) is 1. The van der Waals surface area contributed by atoms with E-state index in [9.17, 15) is 8.42 Å². The van der Waals surface area contributed by atoms with Crippen molar-refractivity contribution >= 4 is 16.0 Å². The number of rotatable bonds is 4. The number of anilines is 1. The normalized spacial score (nSPS) is 21.8. The molecule has 3 rings (SSSR count). The molecule has 0 aliphatic carbocycles. The zero-order valence-electron chi connectivity index (χ0n) is 14.4. The third-order valence-electron chi connectivity index (χ3n) is 4.72. The average molecular weight is 354 g/mol.